The van der Waals surface area contributed by atoms with Gasteiger partial charge in [-0.15, -0.1) is 0 Å². The summed E-state index contributed by atoms with van der Waals surface area (Å²) >= 11 is 0. The Kier molecular flexibility index (Phi) is 6.20. The molecule has 1 aromatic carbocycles. The molecule has 7 nitrogen and oxygen atoms in total. The summed E-state index contributed by atoms with van der Waals surface area (Å²) in [5, 5.41) is 2.56. The summed E-state index contributed by atoms with van der Waals surface area (Å²) in [6, 6.07) is 6.66. The average molecular weight is 402 g/mol. The molecule has 29 heavy (non-hydrogen) atoms. The Labute approximate surface area is 169 Å². The molecule has 1 aliphatic rings. The molecule has 1 aliphatic heterocycles. The van der Waals surface area contributed by atoms with Crippen LogP contribution in [0.1, 0.15) is 37.7 Å². The summed E-state index contributed by atoms with van der Waals surface area (Å²) in [5.41, 5.74) is 2.93. The number of H-pyrrole nitrogens is 1. The summed E-state index contributed by atoms with van der Waals surface area (Å²) in [6.45, 7) is 5.62. The summed E-state index contributed by atoms with van der Waals surface area (Å²) in [6.07, 6.45) is 0.0169. The minimum absolute atomic E-state index is 0.0316. The molecule has 8 heteroatoms. The molecule has 1 fully saturated rings. The first-order valence-electron chi connectivity index (χ1n) is 9.71. The Morgan fingerprint density at radius 3 is 2.62 bits per heavy atom. The number of halogens is 1. The number of aromatic nitrogens is 2. The number of nitrogens with one attached hydrogen (secondary N) is 2. The molecule has 156 valence electrons. The molecule has 0 unspecified atom stereocenters. The van der Waals surface area contributed by atoms with Crippen molar-refractivity contribution in [3.05, 3.63) is 41.9 Å². The molecule has 1 aromatic heterocycles. The summed E-state index contributed by atoms with van der Waals surface area (Å²) in [4.78, 5) is 33.9. The van der Waals surface area contributed by atoms with Crippen molar-refractivity contribution in [3.8, 4) is 11.3 Å². The Morgan fingerprint density at radius 2 is 2.00 bits per heavy atom. The zero-order valence-electron chi connectivity index (χ0n) is 17.1. The molecule has 2 N–H and O–H groups in total. The fraction of sp³-hybridized carbons (Fsp3) is 0.476. The minimum Gasteiger partial charge on any atom is -0.453 e. The van der Waals surface area contributed by atoms with Gasteiger partial charge in [-0.05, 0) is 18.4 Å². The number of likely N-dealkylation sites (tertiary alicyclic amines) is 1. The molecule has 3 atom stereocenters. The lowest BCUT2D eigenvalue weighted by Crippen LogP contribution is -2.51. The lowest BCUT2D eigenvalue weighted by atomic mass is 10.0. The highest BCUT2D eigenvalue weighted by atomic mass is 19.1. The number of imidazole rings is 1. The number of rotatable bonds is 5. The number of carbonyl (C=O) groups is 2. The van der Waals surface area contributed by atoms with Gasteiger partial charge < -0.3 is 19.9 Å². The van der Waals surface area contributed by atoms with E-state index in [9.17, 15) is 14.0 Å². The fourth-order valence-electron chi connectivity index (χ4n) is 3.55. The van der Waals surface area contributed by atoms with Crippen molar-refractivity contribution >= 4 is 12.0 Å². The van der Waals surface area contributed by atoms with E-state index in [0.717, 1.165) is 16.8 Å². The van der Waals surface area contributed by atoms with Crippen LogP contribution >= 0.6 is 0 Å². The maximum atomic E-state index is 14.3. The van der Waals surface area contributed by atoms with Crippen LogP contribution in [0.5, 0.6) is 0 Å². The van der Waals surface area contributed by atoms with Crippen LogP contribution in [0.3, 0.4) is 0 Å². The van der Waals surface area contributed by atoms with Crippen molar-refractivity contribution in [1.82, 2.24) is 20.2 Å². The SMILES string of the molecule is COC(=O)N[C@H](C(=O)N1C[C@@H](F)C[C@H]1c1ncc(-c2ccc(C)cc2)[nH]1)C(C)C. The largest absolute Gasteiger partial charge is 0.453 e. The zero-order chi connectivity index (χ0) is 21.1. The van der Waals surface area contributed by atoms with Gasteiger partial charge in [-0.3, -0.25) is 4.79 Å². The van der Waals surface area contributed by atoms with Crippen LogP contribution in [-0.2, 0) is 9.53 Å². The third-order valence-corrected chi connectivity index (χ3v) is 5.20. The van der Waals surface area contributed by atoms with E-state index in [1.807, 2.05) is 45.0 Å². The predicted molar refractivity (Wildman–Crippen MR) is 107 cm³/mol. The number of aryl methyl sites for hydroxylation is 1. The molecular weight excluding hydrogens is 375 g/mol. The number of alkyl halides is 1. The number of hydrogen-bond acceptors (Lipinski definition) is 4. The van der Waals surface area contributed by atoms with E-state index in [1.165, 1.54) is 12.0 Å². The molecule has 0 radical (unpaired) electrons. The number of hydrogen-bond donors (Lipinski definition) is 2. The van der Waals surface area contributed by atoms with Crippen LogP contribution in [0.25, 0.3) is 11.3 Å². The third-order valence-electron chi connectivity index (χ3n) is 5.20. The first-order chi connectivity index (χ1) is 13.8. The number of carbonyl (C=O) groups excluding carboxylic acids is 2. The predicted octanol–water partition coefficient (Wildman–Crippen LogP) is 3.38. The van der Waals surface area contributed by atoms with Gasteiger partial charge in [0.2, 0.25) is 5.91 Å². The van der Waals surface area contributed by atoms with Gasteiger partial charge in [0.25, 0.3) is 0 Å². The standard InChI is InChI=1S/C21H27FN4O3/c1-12(2)18(25-21(28)29-4)20(27)26-11-15(22)9-17(26)19-23-10-16(24-19)14-7-5-13(3)6-8-14/h5-8,10,12,15,17-18H,9,11H2,1-4H3,(H,23,24)(H,25,28)/t15-,17-,18-/m0/s1. The van der Waals surface area contributed by atoms with Gasteiger partial charge >= 0.3 is 6.09 Å². The van der Waals surface area contributed by atoms with E-state index in [1.54, 1.807) is 6.20 Å². The van der Waals surface area contributed by atoms with Gasteiger partial charge in [-0.25, -0.2) is 14.2 Å². The van der Waals surface area contributed by atoms with Crippen LogP contribution in [0.2, 0.25) is 0 Å². The van der Waals surface area contributed by atoms with E-state index in [-0.39, 0.29) is 24.8 Å². The van der Waals surface area contributed by atoms with Gasteiger partial charge in [0.1, 0.15) is 18.0 Å². The second-order valence-electron chi connectivity index (χ2n) is 7.75. The molecule has 3 rings (SSSR count). The summed E-state index contributed by atoms with van der Waals surface area (Å²) in [5.74, 6) is 0.0131. The third kappa shape index (κ3) is 4.58. The van der Waals surface area contributed by atoms with Gasteiger partial charge in [-0.1, -0.05) is 43.7 Å². The van der Waals surface area contributed by atoms with E-state index in [0.29, 0.717) is 5.82 Å². The molecular formula is C21H27FN4O3. The molecule has 0 aliphatic carbocycles. The molecule has 2 heterocycles. The lowest BCUT2D eigenvalue weighted by Gasteiger charge is -2.29. The van der Waals surface area contributed by atoms with E-state index >= 15 is 0 Å². The maximum absolute atomic E-state index is 14.3. The molecule has 2 amide bonds. The van der Waals surface area contributed by atoms with Crippen molar-refractivity contribution < 1.29 is 18.7 Å². The number of amides is 2. The summed E-state index contributed by atoms with van der Waals surface area (Å²) in [7, 11) is 1.24. The van der Waals surface area contributed by atoms with Crippen LogP contribution in [-0.4, -0.2) is 52.7 Å². The Bertz CT molecular complexity index is 865. The lowest BCUT2D eigenvalue weighted by molar-refractivity contribution is -0.135. The molecule has 1 saturated heterocycles. The van der Waals surface area contributed by atoms with Crippen molar-refractivity contribution in [2.24, 2.45) is 5.92 Å². The fourth-order valence-corrected chi connectivity index (χ4v) is 3.55. The van der Waals surface area contributed by atoms with Crippen molar-refractivity contribution in [3.63, 3.8) is 0 Å². The second-order valence-corrected chi connectivity index (χ2v) is 7.75. The first kappa shape index (κ1) is 20.8. The monoisotopic (exact) mass is 402 g/mol. The Hall–Kier alpha value is -2.90. The number of nitrogens with zero attached hydrogens (tertiary/aromatic N) is 2. The minimum atomic E-state index is -1.15. The van der Waals surface area contributed by atoms with E-state index in [4.69, 9.17) is 0 Å². The van der Waals surface area contributed by atoms with Crippen LogP contribution in [0.4, 0.5) is 9.18 Å². The molecule has 0 saturated carbocycles. The highest BCUT2D eigenvalue weighted by Gasteiger charge is 2.41. The normalized spacial score (nSPS) is 20.0. The van der Waals surface area contributed by atoms with Gasteiger partial charge in [0, 0.05) is 6.42 Å². The molecule has 0 bridgehead atoms. The number of alkyl carbamates (subject to hydrolysis) is 1. The quantitative estimate of drug-likeness (QED) is 0.803. The topological polar surface area (TPSA) is 87.3 Å². The summed E-state index contributed by atoms with van der Waals surface area (Å²) < 4.78 is 18.9. The van der Waals surface area contributed by atoms with E-state index in [2.05, 4.69) is 20.0 Å². The van der Waals surface area contributed by atoms with Crippen molar-refractivity contribution in [1.29, 1.82) is 0 Å². The number of benzene rings is 1. The van der Waals surface area contributed by atoms with Crippen molar-refractivity contribution in [2.75, 3.05) is 13.7 Å². The number of methoxy groups -OCH3 is 1. The van der Waals surface area contributed by atoms with Crippen LogP contribution in [0.15, 0.2) is 30.5 Å². The number of ether oxygens (including phenoxy) is 1. The Balaban J connectivity index is 1.84. The molecule has 0 spiro atoms. The highest BCUT2D eigenvalue weighted by Crippen LogP contribution is 2.34. The second kappa shape index (κ2) is 8.63. The van der Waals surface area contributed by atoms with E-state index < -0.39 is 24.3 Å². The zero-order valence-corrected chi connectivity index (χ0v) is 17.1. The highest BCUT2D eigenvalue weighted by molar-refractivity contribution is 5.86. The van der Waals surface area contributed by atoms with Crippen LogP contribution in [0, 0.1) is 12.8 Å². The molecule has 2 aromatic rings. The van der Waals surface area contributed by atoms with Gasteiger partial charge in [0.05, 0.1) is 31.6 Å². The van der Waals surface area contributed by atoms with Gasteiger partial charge in [0.15, 0.2) is 0 Å². The van der Waals surface area contributed by atoms with Gasteiger partial charge in [-0.2, -0.15) is 0 Å². The maximum Gasteiger partial charge on any atom is 0.407 e. The average Bonchev–Trinajstić information content (AvgIpc) is 3.32. The first-order valence-corrected chi connectivity index (χ1v) is 9.71. The smallest absolute Gasteiger partial charge is 0.407 e. The Morgan fingerprint density at radius 1 is 1.31 bits per heavy atom. The van der Waals surface area contributed by atoms with Crippen LogP contribution < -0.4 is 5.32 Å². The number of aromatic amines is 1. The van der Waals surface area contributed by atoms with Crippen molar-refractivity contribution in [2.45, 2.75) is 45.4 Å².